The second-order valence-corrected chi connectivity index (χ2v) is 2.09. The third-order valence-corrected chi connectivity index (χ3v) is 1.16. The molecule has 0 aromatic rings. The van der Waals surface area contributed by atoms with E-state index in [4.69, 9.17) is 5.11 Å². The number of hydrogen-bond donors (Lipinski definition) is 2. The van der Waals surface area contributed by atoms with E-state index < -0.39 is 6.09 Å². The zero-order valence-electron chi connectivity index (χ0n) is 5.83. The molecule has 0 atom stereocenters. The van der Waals surface area contributed by atoms with Crippen LogP contribution in [0.25, 0.3) is 0 Å². The van der Waals surface area contributed by atoms with Crippen LogP contribution in [-0.4, -0.2) is 28.4 Å². The Bertz CT molecular complexity index is 189. The lowest BCUT2D eigenvalue weighted by atomic mass is 10.6. The Kier molecular flexibility index (Phi) is 1.41. The number of carboxylic acid groups (broad SMARTS) is 1. The van der Waals surface area contributed by atoms with Gasteiger partial charge in [0.15, 0.2) is 0 Å². The minimum atomic E-state index is -1.02. The molecule has 1 aliphatic rings. The SMILES string of the molecule is CC1=CN(C)N(C(=O)O)N1. The maximum atomic E-state index is 10.3. The fourth-order valence-corrected chi connectivity index (χ4v) is 0.796. The maximum absolute atomic E-state index is 10.3. The quantitative estimate of drug-likeness (QED) is 0.508. The Morgan fingerprint density at radius 1 is 1.80 bits per heavy atom. The van der Waals surface area contributed by atoms with Crippen molar-refractivity contribution in [3.63, 3.8) is 0 Å². The van der Waals surface area contributed by atoms with Crippen LogP contribution in [0.15, 0.2) is 11.9 Å². The lowest BCUT2D eigenvalue weighted by Crippen LogP contribution is -2.43. The predicted molar refractivity (Wildman–Crippen MR) is 34.5 cm³/mol. The number of hydrazine groups is 2. The Morgan fingerprint density at radius 2 is 2.40 bits per heavy atom. The summed E-state index contributed by atoms with van der Waals surface area (Å²) in [5.41, 5.74) is 3.43. The molecule has 5 heteroatoms. The van der Waals surface area contributed by atoms with Crippen LogP contribution in [0.4, 0.5) is 4.79 Å². The largest absolute Gasteiger partial charge is 0.462 e. The molecule has 0 radical (unpaired) electrons. The molecular weight excluding hydrogens is 134 g/mol. The van der Waals surface area contributed by atoms with Gasteiger partial charge in [-0.2, -0.15) is 0 Å². The molecule has 2 N–H and O–H groups in total. The highest BCUT2D eigenvalue weighted by molar-refractivity contribution is 5.64. The molecule has 0 saturated heterocycles. The van der Waals surface area contributed by atoms with Crippen molar-refractivity contribution < 1.29 is 9.90 Å². The first-order valence-electron chi connectivity index (χ1n) is 2.82. The van der Waals surface area contributed by atoms with Gasteiger partial charge in [0.1, 0.15) is 0 Å². The van der Waals surface area contributed by atoms with Crippen LogP contribution in [0.2, 0.25) is 0 Å². The molecule has 0 fully saturated rings. The molecule has 5 nitrogen and oxygen atoms in total. The molecule has 1 aliphatic heterocycles. The summed E-state index contributed by atoms with van der Waals surface area (Å²) in [6.45, 7) is 1.79. The summed E-state index contributed by atoms with van der Waals surface area (Å²) in [6.07, 6.45) is 0.671. The van der Waals surface area contributed by atoms with Crippen LogP contribution in [0.5, 0.6) is 0 Å². The first-order chi connectivity index (χ1) is 4.61. The Labute approximate surface area is 58.5 Å². The van der Waals surface area contributed by atoms with Crippen molar-refractivity contribution in [1.29, 1.82) is 0 Å². The normalized spacial score (nSPS) is 16.8. The van der Waals surface area contributed by atoms with Gasteiger partial charge in [0.25, 0.3) is 0 Å². The fraction of sp³-hybridized carbons (Fsp3) is 0.400. The molecule has 10 heavy (non-hydrogen) atoms. The van der Waals surface area contributed by atoms with Crippen LogP contribution in [0.3, 0.4) is 0 Å². The minimum Gasteiger partial charge on any atom is -0.462 e. The van der Waals surface area contributed by atoms with Crippen LogP contribution in [-0.2, 0) is 0 Å². The molecule has 1 heterocycles. The van der Waals surface area contributed by atoms with Crippen LogP contribution in [0.1, 0.15) is 6.92 Å². The third kappa shape index (κ3) is 0.975. The van der Waals surface area contributed by atoms with Crippen LogP contribution < -0.4 is 5.43 Å². The van der Waals surface area contributed by atoms with Crippen molar-refractivity contribution in [3.8, 4) is 0 Å². The second-order valence-electron chi connectivity index (χ2n) is 2.09. The van der Waals surface area contributed by atoms with Gasteiger partial charge in [0.2, 0.25) is 0 Å². The summed E-state index contributed by atoms with van der Waals surface area (Å²) in [7, 11) is 1.65. The summed E-state index contributed by atoms with van der Waals surface area (Å²) in [5, 5.41) is 10.9. The summed E-state index contributed by atoms with van der Waals surface area (Å²) < 4.78 is 0. The summed E-state index contributed by atoms with van der Waals surface area (Å²) in [4.78, 5) is 10.3. The van der Waals surface area contributed by atoms with Gasteiger partial charge in [0, 0.05) is 18.9 Å². The molecular formula is C5H9N3O2. The summed E-state index contributed by atoms with van der Waals surface area (Å²) in [5.74, 6) is 0. The van der Waals surface area contributed by atoms with Crippen molar-refractivity contribution in [2.75, 3.05) is 7.05 Å². The molecule has 0 aliphatic carbocycles. The Hall–Kier alpha value is -1.39. The molecule has 0 spiro atoms. The molecule has 0 unspecified atom stereocenters. The van der Waals surface area contributed by atoms with E-state index in [2.05, 4.69) is 5.43 Å². The first-order valence-corrected chi connectivity index (χ1v) is 2.82. The zero-order valence-corrected chi connectivity index (χ0v) is 5.83. The Morgan fingerprint density at radius 3 is 2.60 bits per heavy atom. The van der Waals surface area contributed by atoms with Crippen molar-refractivity contribution in [1.82, 2.24) is 15.6 Å². The molecule has 0 bridgehead atoms. The van der Waals surface area contributed by atoms with Crippen molar-refractivity contribution in [3.05, 3.63) is 11.9 Å². The number of allylic oxidation sites excluding steroid dienone is 1. The predicted octanol–water partition coefficient (Wildman–Crippen LogP) is 0.193. The van der Waals surface area contributed by atoms with Crippen molar-refractivity contribution in [2.24, 2.45) is 0 Å². The van der Waals surface area contributed by atoms with E-state index in [1.807, 2.05) is 0 Å². The second kappa shape index (κ2) is 2.09. The van der Waals surface area contributed by atoms with E-state index in [0.717, 1.165) is 10.8 Å². The van der Waals surface area contributed by atoms with E-state index in [1.54, 1.807) is 20.2 Å². The smallest absolute Gasteiger partial charge is 0.446 e. The minimum absolute atomic E-state index is 0.810. The molecule has 0 aromatic carbocycles. The van der Waals surface area contributed by atoms with Gasteiger partial charge >= 0.3 is 6.09 Å². The van der Waals surface area contributed by atoms with Gasteiger partial charge in [-0.1, -0.05) is 0 Å². The number of amides is 1. The highest BCUT2D eigenvalue weighted by Gasteiger charge is 2.20. The standard InChI is InChI=1S/C5H9N3O2/c1-4-3-7(2)8(6-4)5(9)10/h3,6H,1-2H3,(H,9,10). The average Bonchev–Trinajstić information content (AvgIpc) is 2.10. The third-order valence-electron chi connectivity index (χ3n) is 1.16. The van der Waals surface area contributed by atoms with Crippen LogP contribution >= 0.6 is 0 Å². The summed E-state index contributed by atoms with van der Waals surface area (Å²) in [6, 6.07) is 0. The van der Waals surface area contributed by atoms with Gasteiger partial charge in [-0.3, -0.25) is 10.4 Å². The van der Waals surface area contributed by atoms with E-state index in [9.17, 15) is 4.79 Å². The first kappa shape index (κ1) is 6.73. The lowest BCUT2D eigenvalue weighted by Gasteiger charge is -2.20. The molecule has 1 amide bonds. The Balaban J connectivity index is 2.63. The van der Waals surface area contributed by atoms with Gasteiger partial charge in [-0.25, -0.2) is 4.79 Å². The zero-order chi connectivity index (χ0) is 7.72. The van der Waals surface area contributed by atoms with Crippen LogP contribution in [0, 0.1) is 0 Å². The average molecular weight is 143 g/mol. The summed E-state index contributed by atoms with van der Waals surface area (Å²) >= 11 is 0. The van der Waals surface area contributed by atoms with E-state index in [0.29, 0.717) is 0 Å². The van der Waals surface area contributed by atoms with Gasteiger partial charge < -0.3 is 5.11 Å². The van der Waals surface area contributed by atoms with Gasteiger partial charge in [-0.15, -0.1) is 5.12 Å². The molecule has 0 saturated carbocycles. The van der Waals surface area contributed by atoms with Crippen molar-refractivity contribution >= 4 is 6.09 Å². The topological polar surface area (TPSA) is 55.8 Å². The van der Waals surface area contributed by atoms with Crippen molar-refractivity contribution in [2.45, 2.75) is 6.92 Å². The van der Waals surface area contributed by atoms with Gasteiger partial charge in [-0.05, 0) is 6.92 Å². The van der Waals surface area contributed by atoms with E-state index in [1.165, 1.54) is 5.01 Å². The number of rotatable bonds is 0. The molecule has 56 valence electrons. The number of nitrogens with one attached hydrogen (secondary N) is 1. The van der Waals surface area contributed by atoms with Gasteiger partial charge in [0.05, 0.1) is 0 Å². The van der Waals surface area contributed by atoms with E-state index >= 15 is 0 Å². The number of carbonyl (C=O) groups is 1. The number of nitrogens with zero attached hydrogens (tertiary/aromatic N) is 2. The highest BCUT2D eigenvalue weighted by atomic mass is 16.4. The molecule has 1 rings (SSSR count). The fourth-order valence-electron chi connectivity index (χ4n) is 0.796. The van der Waals surface area contributed by atoms with E-state index in [-0.39, 0.29) is 0 Å². The molecule has 0 aromatic heterocycles. The monoisotopic (exact) mass is 143 g/mol. The lowest BCUT2D eigenvalue weighted by molar-refractivity contribution is 0.0345. The highest BCUT2D eigenvalue weighted by Crippen LogP contribution is 2.05. The maximum Gasteiger partial charge on any atom is 0.446 e. The number of hydrogen-bond acceptors (Lipinski definition) is 3.